The third-order valence-electron chi connectivity index (χ3n) is 2.52. The van der Waals surface area contributed by atoms with Crippen molar-refractivity contribution < 1.29 is 4.79 Å². The zero-order valence-electron chi connectivity index (χ0n) is 9.94. The summed E-state index contributed by atoms with van der Waals surface area (Å²) in [6.45, 7) is 4.05. The van der Waals surface area contributed by atoms with Gasteiger partial charge in [0.2, 0.25) is 5.12 Å². The van der Waals surface area contributed by atoms with Gasteiger partial charge in [0.05, 0.1) is 0 Å². The summed E-state index contributed by atoms with van der Waals surface area (Å²) >= 11 is 1.27. The predicted octanol–water partition coefficient (Wildman–Crippen LogP) is 4.24. The number of hydrogen-bond donors (Lipinski definition) is 0. The Morgan fingerprint density at radius 2 is 1.29 bits per heavy atom. The van der Waals surface area contributed by atoms with Gasteiger partial charge in [-0.1, -0.05) is 47.5 Å². The second-order valence-corrected chi connectivity index (χ2v) is 5.11. The van der Waals surface area contributed by atoms with Crippen molar-refractivity contribution in [3.8, 4) is 0 Å². The van der Waals surface area contributed by atoms with Crippen LogP contribution in [0.3, 0.4) is 0 Å². The van der Waals surface area contributed by atoms with Gasteiger partial charge < -0.3 is 0 Å². The van der Waals surface area contributed by atoms with Gasteiger partial charge in [-0.3, -0.25) is 4.79 Å². The molecule has 0 amide bonds. The average molecular weight is 242 g/mol. The number of rotatable bonds is 2. The van der Waals surface area contributed by atoms with Gasteiger partial charge in [-0.05, 0) is 37.7 Å². The fraction of sp³-hybridized carbons (Fsp3) is 0.133. The molecule has 0 aliphatic heterocycles. The topological polar surface area (TPSA) is 17.1 Å². The van der Waals surface area contributed by atoms with Crippen molar-refractivity contribution in [2.75, 3.05) is 0 Å². The number of benzene rings is 2. The predicted molar refractivity (Wildman–Crippen MR) is 72.5 cm³/mol. The van der Waals surface area contributed by atoms with Crippen LogP contribution in [0.1, 0.15) is 21.5 Å². The summed E-state index contributed by atoms with van der Waals surface area (Å²) in [7, 11) is 0. The van der Waals surface area contributed by atoms with E-state index in [1.54, 1.807) is 0 Å². The molecule has 0 saturated heterocycles. The fourth-order valence-corrected chi connectivity index (χ4v) is 2.20. The Labute approximate surface area is 106 Å². The zero-order chi connectivity index (χ0) is 12.3. The highest BCUT2D eigenvalue weighted by Crippen LogP contribution is 2.23. The lowest BCUT2D eigenvalue weighted by molar-refractivity contribution is 0.108. The maximum atomic E-state index is 12.0. The zero-order valence-corrected chi connectivity index (χ0v) is 10.8. The summed E-state index contributed by atoms with van der Waals surface area (Å²) in [5.41, 5.74) is 3.13. The van der Waals surface area contributed by atoms with Crippen LogP contribution in [0.15, 0.2) is 53.4 Å². The van der Waals surface area contributed by atoms with Crippen LogP contribution >= 0.6 is 11.8 Å². The second-order valence-electron chi connectivity index (χ2n) is 4.07. The minimum Gasteiger partial charge on any atom is -0.281 e. The summed E-state index contributed by atoms with van der Waals surface area (Å²) in [6.07, 6.45) is 0. The lowest BCUT2D eigenvalue weighted by Gasteiger charge is -2.02. The molecule has 86 valence electrons. The molecule has 2 aromatic rings. The summed E-state index contributed by atoms with van der Waals surface area (Å²) in [6, 6.07) is 15.7. The number of thioether (sulfide) groups is 1. The molecule has 0 unspecified atom stereocenters. The molecule has 17 heavy (non-hydrogen) atoms. The molecule has 0 heterocycles. The number of carbonyl (C=O) groups is 1. The van der Waals surface area contributed by atoms with E-state index in [2.05, 4.69) is 0 Å². The lowest BCUT2D eigenvalue weighted by atomic mass is 10.2. The first-order valence-corrected chi connectivity index (χ1v) is 6.32. The summed E-state index contributed by atoms with van der Waals surface area (Å²) in [5, 5.41) is 0.0915. The van der Waals surface area contributed by atoms with E-state index >= 15 is 0 Å². The molecule has 0 aliphatic rings. The lowest BCUT2D eigenvalue weighted by Crippen LogP contribution is -1.92. The van der Waals surface area contributed by atoms with E-state index in [1.807, 2.05) is 62.4 Å². The standard InChI is InChI=1S/C15H14OS/c1-11-3-7-13(8-4-11)15(16)17-14-9-5-12(2)6-10-14/h3-10H,1-2H3. The minimum absolute atomic E-state index is 0.0915. The van der Waals surface area contributed by atoms with Crippen LogP contribution in [-0.2, 0) is 0 Å². The molecule has 2 rings (SSSR count). The van der Waals surface area contributed by atoms with E-state index in [-0.39, 0.29) is 5.12 Å². The van der Waals surface area contributed by atoms with Gasteiger partial charge in [-0.15, -0.1) is 0 Å². The second kappa shape index (κ2) is 5.19. The van der Waals surface area contributed by atoms with Gasteiger partial charge in [-0.25, -0.2) is 0 Å². The number of aryl methyl sites for hydroxylation is 2. The summed E-state index contributed by atoms with van der Waals surface area (Å²) in [5.74, 6) is 0. The van der Waals surface area contributed by atoms with Crippen LogP contribution in [-0.4, -0.2) is 5.12 Å². The van der Waals surface area contributed by atoms with E-state index in [9.17, 15) is 4.79 Å². The molecule has 2 aromatic carbocycles. The van der Waals surface area contributed by atoms with E-state index in [0.717, 1.165) is 10.5 Å². The molecule has 0 fully saturated rings. The highest BCUT2D eigenvalue weighted by atomic mass is 32.2. The Hall–Kier alpha value is -1.54. The molecule has 1 nitrogen and oxygen atoms in total. The molecule has 0 bridgehead atoms. The Kier molecular flexibility index (Phi) is 3.64. The smallest absolute Gasteiger partial charge is 0.224 e. The summed E-state index contributed by atoms with van der Waals surface area (Å²) < 4.78 is 0. The normalized spacial score (nSPS) is 10.2. The van der Waals surface area contributed by atoms with E-state index in [1.165, 1.54) is 22.9 Å². The fourth-order valence-electron chi connectivity index (χ4n) is 1.46. The first-order chi connectivity index (χ1) is 8.15. The highest BCUT2D eigenvalue weighted by Gasteiger charge is 2.07. The monoisotopic (exact) mass is 242 g/mol. The number of hydrogen-bond acceptors (Lipinski definition) is 2. The molecule has 0 N–H and O–H groups in total. The quantitative estimate of drug-likeness (QED) is 0.733. The maximum Gasteiger partial charge on any atom is 0.224 e. The molecular weight excluding hydrogens is 228 g/mol. The van der Waals surface area contributed by atoms with Crippen LogP contribution in [0.5, 0.6) is 0 Å². The molecular formula is C15H14OS. The number of carbonyl (C=O) groups excluding carboxylic acids is 1. The van der Waals surface area contributed by atoms with Gasteiger partial charge in [0.25, 0.3) is 0 Å². The first kappa shape index (κ1) is 11.9. The third kappa shape index (κ3) is 3.21. The molecule has 0 saturated carbocycles. The van der Waals surface area contributed by atoms with Gasteiger partial charge in [0.15, 0.2) is 0 Å². The molecule has 0 spiro atoms. The van der Waals surface area contributed by atoms with Gasteiger partial charge in [0, 0.05) is 10.5 Å². The van der Waals surface area contributed by atoms with Crippen LogP contribution < -0.4 is 0 Å². The van der Waals surface area contributed by atoms with Crippen LogP contribution in [0.2, 0.25) is 0 Å². The third-order valence-corrected chi connectivity index (χ3v) is 3.45. The maximum absolute atomic E-state index is 12.0. The average Bonchev–Trinajstić information content (AvgIpc) is 2.33. The Balaban J connectivity index is 2.11. The van der Waals surface area contributed by atoms with Crippen LogP contribution in [0.25, 0.3) is 0 Å². The first-order valence-electron chi connectivity index (χ1n) is 5.51. The SMILES string of the molecule is Cc1ccc(SC(=O)c2ccc(C)cc2)cc1. The Morgan fingerprint density at radius 3 is 1.82 bits per heavy atom. The molecule has 0 atom stereocenters. The Morgan fingerprint density at radius 1 is 0.824 bits per heavy atom. The van der Waals surface area contributed by atoms with Gasteiger partial charge >= 0.3 is 0 Å². The highest BCUT2D eigenvalue weighted by molar-refractivity contribution is 8.14. The van der Waals surface area contributed by atoms with Crippen molar-refractivity contribution in [1.29, 1.82) is 0 Å². The Bertz CT molecular complexity index is 512. The van der Waals surface area contributed by atoms with E-state index < -0.39 is 0 Å². The molecule has 2 heteroatoms. The van der Waals surface area contributed by atoms with Crippen molar-refractivity contribution in [3.05, 3.63) is 65.2 Å². The van der Waals surface area contributed by atoms with E-state index in [4.69, 9.17) is 0 Å². The van der Waals surface area contributed by atoms with E-state index in [0.29, 0.717) is 0 Å². The molecule has 0 radical (unpaired) electrons. The van der Waals surface area contributed by atoms with Crippen LogP contribution in [0, 0.1) is 13.8 Å². The summed E-state index contributed by atoms with van der Waals surface area (Å²) in [4.78, 5) is 13.0. The van der Waals surface area contributed by atoms with Crippen molar-refractivity contribution in [2.24, 2.45) is 0 Å². The van der Waals surface area contributed by atoms with Gasteiger partial charge in [-0.2, -0.15) is 0 Å². The van der Waals surface area contributed by atoms with Gasteiger partial charge in [0.1, 0.15) is 0 Å². The largest absolute Gasteiger partial charge is 0.281 e. The van der Waals surface area contributed by atoms with Crippen molar-refractivity contribution in [1.82, 2.24) is 0 Å². The van der Waals surface area contributed by atoms with Crippen molar-refractivity contribution in [3.63, 3.8) is 0 Å². The minimum atomic E-state index is 0.0915. The molecule has 0 aromatic heterocycles. The van der Waals surface area contributed by atoms with Crippen LogP contribution in [0.4, 0.5) is 0 Å². The molecule has 0 aliphatic carbocycles. The van der Waals surface area contributed by atoms with Crippen molar-refractivity contribution >= 4 is 16.9 Å². The van der Waals surface area contributed by atoms with Crippen molar-refractivity contribution in [2.45, 2.75) is 18.7 Å².